The first-order chi connectivity index (χ1) is 10.2. The molecular weight excluding hydrogens is 286 g/mol. The maximum atomic E-state index is 12.2. The molecule has 1 aliphatic heterocycles. The molecule has 1 fully saturated rings. The Bertz CT molecular complexity index is 369. The average molecular weight is 315 g/mol. The Balaban J connectivity index is 2.47. The summed E-state index contributed by atoms with van der Waals surface area (Å²) in [5, 5.41) is 2.60. The zero-order valence-electron chi connectivity index (χ0n) is 14.3. The van der Waals surface area contributed by atoms with E-state index in [2.05, 4.69) is 5.32 Å². The van der Waals surface area contributed by atoms with Gasteiger partial charge in [-0.15, -0.1) is 0 Å². The van der Waals surface area contributed by atoms with E-state index in [4.69, 9.17) is 14.2 Å². The molecule has 128 valence electrons. The van der Waals surface area contributed by atoms with Crippen LogP contribution in [0.3, 0.4) is 0 Å². The largest absolute Gasteiger partial charge is 0.464 e. The lowest BCUT2D eigenvalue weighted by Crippen LogP contribution is -2.47. The number of ether oxygens (including phenoxy) is 3. The maximum Gasteiger partial charge on any atom is 0.408 e. The molecule has 0 aromatic rings. The van der Waals surface area contributed by atoms with Gasteiger partial charge in [0.15, 0.2) is 0 Å². The smallest absolute Gasteiger partial charge is 0.408 e. The minimum Gasteiger partial charge on any atom is -0.464 e. The van der Waals surface area contributed by atoms with Gasteiger partial charge in [-0.3, -0.25) is 0 Å². The van der Waals surface area contributed by atoms with E-state index in [0.29, 0.717) is 25.7 Å². The molecule has 22 heavy (non-hydrogen) atoms. The first-order valence-electron chi connectivity index (χ1n) is 7.93. The van der Waals surface area contributed by atoms with Gasteiger partial charge in [0.1, 0.15) is 11.6 Å². The lowest BCUT2D eigenvalue weighted by Gasteiger charge is -2.26. The molecule has 1 heterocycles. The summed E-state index contributed by atoms with van der Waals surface area (Å²) >= 11 is 0. The number of alkyl carbamates (subject to hydrolysis) is 1. The molecule has 0 bridgehead atoms. The molecule has 1 atom stereocenters. The van der Waals surface area contributed by atoms with Crippen molar-refractivity contribution in [3.63, 3.8) is 0 Å². The van der Waals surface area contributed by atoms with Gasteiger partial charge in [0, 0.05) is 13.2 Å². The Kier molecular flexibility index (Phi) is 7.13. The van der Waals surface area contributed by atoms with E-state index < -0.39 is 23.7 Å². The molecule has 0 unspecified atom stereocenters. The fourth-order valence-electron chi connectivity index (χ4n) is 2.14. The van der Waals surface area contributed by atoms with Crippen molar-refractivity contribution < 1.29 is 23.8 Å². The number of carbonyl (C=O) groups is 2. The second-order valence-electron chi connectivity index (χ2n) is 7.05. The standard InChI is InChI=1S/C16H29NO5/c1-11(2)13(17-15(19)22-16(3,4)5)14(18)21-10-12-6-8-20-9-7-12/h11-13H,6-10H2,1-5H3,(H,17,19)/t13-/m0/s1. The van der Waals surface area contributed by atoms with Crippen molar-refractivity contribution >= 4 is 12.1 Å². The molecule has 1 rings (SSSR count). The second-order valence-corrected chi connectivity index (χ2v) is 7.05. The van der Waals surface area contributed by atoms with Crippen molar-refractivity contribution in [2.45, 2.75) is 59.1 Å². The molecule has 0 saturated carbocycles. The number of rotatable bonds is 5. The average Bonchev–Trinajstić information content (AvgIpc) is 2.41. The maximum absolute atomic E-state index is 12.2. The van der Waals surface area contributed by atoms with E-state index >= 15 is 0 Å². The summed E-state index contributed by atoms with van der Waals surface area (Å²) in [7, 11) is 0. The summed E-state index contributed by atoms with van der Waals surface area (Å²) in [5.41, 5.74) is -0.600. The number of nitrogens with one attached hydrogen (secondary N) is 1. The number of hydrogen-bond acceptors (Lipinski definition) is 5. The fraction of sp³-hybridized carbons (Fsp3) is 0.875. The zero-order chi connectivity index (χ0) is 16.8. The lowest BCUT2D eigenvalue weighted by molar-refractivity contribution is -0.149. The number of carbonyl (C=O) groups excluding carboxylic acids is 2. The molecular formula is C16H29NO5. The van der Waals surface area contributed by atoms with Gasteiger partial charge in [-0.05, 0) is 45.4 Å². The van der Waals surface area contributed by atoms with Crippen LogP contribution in [-0.4, -0.2) is 43.5 Å². The minimum atomic E-state index is -0.699. The number of hydrogen-bond donors (Lipinski definition) is 1. The highest BCUT2D eigenvalue weighted by molar-refractivity contribution is 5.81. The Morgan fingerprint density at radius 1 is 1.23 bits per heavy atom. The topological polar surface area (TPSA) is 73.9 Å². The van der Waals surface area contributed by atoms with E-state index in [9.17, 15) is 9.59 Å². The Morgan fingerprint density at radius 3 is 2.32 bits per heavy atom. The van der Waals surface area contributed by atoms with Crippen LogP contribution in [0.5, 0.6) is 0 Å². The van der Waals surface area contributed by atoms with Gasteiger partial charge in [-0.2, -0.15) is 0 Å². The molecule has 6 heteroatoms. The van der Waals surface area contributed by atoms with E-state index in [0.717, 1.165) is 12.8 Å². The highest BCUT2D eigenvalue weighted by Gasteiger charge is 2.29. The van der Waals surface area contributed by atoms with E-state index in [1.54, 1.807) is 20.8 Å². The van der Waals surface area contributed by atoms with Crippen LogP contribution in [0.4, 0.5) is 4.79 Å². The van der Waals surface area contributed by atoms with Gasteiger partial charge in [-0.1, -0.05) is 13.8 Å². The molecule has 1 N–H and O–H groups in total. The monoisotopic (exact) mass is 315 g/mol. The molecule has 1 amide bonds. The van der Waals surface area contributed by atoms with Crippen LogP contribution in [0.1, 0.15) is 47.5 Å². The highest BCUT2D eigenvalue weighted by Crippen LogP contribution is 2.16. The van der Waals surface area contributed by atoms with Crippen molar-refractivity contribution in [2.24, 2.45) is 11.8 Å². The lowest BCUT2D eigenvalue weighted by atomic mass is 10.0. The van der Waals surface area contributed by atoms with Crippen molar-refractivity contribution in [3.8, 4) is 0 Å². The van der Waals surface area contributed by atoms with Gasteiger partial charge in [0.25, 0.3) is 0 Å². The Morgan fingerprint density at radius 2 is 1.82 bits per heavy atom. The second kappa shape index (κ2) is 8.36. The Labute approximate surface area is 132 Å². The Hall–Kier alpha value is -1.30. The van der Waals surface area contributed by atoms with Gasteiger partial charge < -0.3 is 19.5 Å². The summed E-state index contributed by atoms with van der Waals surface area (Å²) < 4.78 is 15.8. The molecule has 0 radical (unpaired) electrons. The normalized spacial score (nSPS) is 17.9. The van der Waals surface area contributed by atoms with Crippen LogP contribution in [0, 0.1) is 11.8 Å². The number of amides is 1. The molecule has 0 aromatic carbocycles. The van der Waals surface area contributed by atoms with Crippen LogP contribution in [0.15, 0.2) is 0 Å². The van der Waals surface area contributed by atoms with Crippen LogP contribution in [0.25, 0.3) is 0 Å². The van der Waals surface area contributed by atoms with Crippen LogP contribution in [0.2, 0.25) is 0 Å². The fourth-order valence-corrected chi connectivity index (χ4v) is 2.14. The molecule has 0 aliphatic carbocycles. The third-order valence-corrected chi connectivity index (χ3v) is 3.40. The molecule has 1 aliphatic rings. The molecule has 1 saturated heterocycles. The summed E-state index contributed by atoms with van der Waals surface area (Å²) in [5.74, 6) is -0.144. The zero-order valence-corrected chi connectivity index (χ0v) is 14.3. The summed E-state index contributed by atoms with van der Waals surface area (Å²) in [6.45, 7) is 10.9. The van der Waals surface area contributed by atoms with E-state index in [1.165, 1.54) is 0 Å². The van der Waals surface area contributed by atoms with Crippen molar-refractivity contribution in [1.29, 1.82) is 0 Å². The van der Waals surface area contributed by atoms with Gasteiger partial charge in [-0.25, -0.2) is 9.59 Å². The summed E-state index contributed by atoms with van der Waals surface area (Å²) in [4.78, 5) is 24.0. The summed E-state index contributed by atoms with van der Waals surface area (Å²) in [6.07, 6.45) is 1.20. The molecule has 0 spiro atoms. The quantitative estimate of drug-likeness (QED) is 0.789. The first kappa shape index (κ1) is 18.7. The first-order valence-corrected chi connectivity index (χ1v) is 7.93. The third kappa shape index (κ3) is 7.11. The van der Waals surface area contributed by atoms with Crippen LogP contribution in [-0.2, 0) is 19.0 Å². The number of esters is 1. The summed E-state index contributed by atoms with van der Waals surface area (Å²) in [6, 6.07) is -0.699. The van der Waals surface area contributed by atoms with Crippen LogP contribution >= 0.6 is 0 Å². The molecule has 6 nitrogen and oxygen atoms in total. The predicted octanol–water partition coefficient (Wildman–Crippen LogP) is 2.51. The van der Waals surface area contributed by atoms with Crippen LogP contribution < -0.4 is 5.32 Å². The predicted molar refractivity (Wildman–Crippen MR) is 82.5 cm³/mol. The molecule has 0 aromatic heterocycles. The van der Waals surface area contributed by atoms with Crippen molar-refractivity contribution in [2.75, 3.05) is 19.8 Å². The van der Waals surface area contributed by atoms with E-state index in [-0.39, 0.29) is 5.92 Å². The van der Waals surface area contributed by atoms with E-state index in [1.807, 2.05) is 13.8 Å². The highest BCUT2D eigenvalue weighted by atomic mass is 16.6. The van der Waals surface area contributed by atoms with Gasteiger partial charge >= 0.3 is 12.1 Å². The SMILES string of the molecule is CC(C)[C@H](NC(=O)OC(C)(C)C)C(=O)OCC1CCOCC1. The minimum absolute atomic E-state index is 0.0743. The van der Waals surface area contributed by atoms with Crippen molar-refractivity contribution in [3.05, 3.63) is 0 Å². The van der Waals surface area contributed by atoms with Gasteiger partial charge in [0.05, 0.1) is 6.61 Å². The van der Waals surface area contributed by atoms with Gasteiger partial charge in [0.2, 0.25) is 0 Å². The third-order valence-electron chi connectivity index (χ3n) is 3.40. The van der Waals surface area contributed by atoms with Crippen molar-refractivity contribution in [1.82, 2.24) is 5.32 Å².